The van der Waals surface area contributed by atoms with Crippen LogP contribution in [0.3, 0.4) is 0 Å². The summed E-state index contributed by atoms with van der Waals surface area (Å²) in [5.41, 5.74) is 1.03. The number of carbonyl (C=O) groups is 3. The van der Waals surface area contributed by atoms with Gasteiger partial charge in [-0.05, 0) is 25.3 Å². The number of thioether (sulfide) groups is 2. The van der Waals surface area contributed by atoms with E-state index >= 15 is 0 Å². The molecule has 29 heavy (non-hydrogen) atoms. The number of rotatable bonds is 8. The average Bonchev–Trinajstić information content (AvgIpc) is 3.32. The van der Waals surface area contributed by atoms with Gasteiger partial charge in [-0.2, -0.15) is 0 Å². The van der Waals surface area contributed by atoms with Gasteiger partial charge in [0.1, 0.15) is 12.1 Å². The van der Waals surface area contributed by atoms with Crippen LogP contribution in [0.4, 0.5) is 0 Å². The minimum atomic E-state index is -1.02. The van der Waals surface area contributed by atoms with E-state index in [0.717, 1.165) is 17.1 Å². The quantitative estimate of drug-likeness (QED) is 0.565. The minimum absolute atomic E-state index is 0.252. The number of aliphatic carboxylic acids is 2. The predicted molar refractivity (Wildman–Crippen MR) is 114 cm³/mol. The third-order valence-corrected chi connectivity index (χ3v) is 8.78. The lowest BCUT2D eigenvalue weighted by atomic mass is 10.0. The summed E-state index contributed by atoms with van der Waals surface area (Å²) in [5.74, 6) is -0.473. The Morgan fingerprint density at radius 3 is 2.45 bits per heavy atom. The summed E-state index contributed by atoms with van der Waals surface area (Å²) >= 11 is 3.44. The van der Waals surface area contributed by atoms with Gasteiger partial charge in [0.2, 0.25) is 5.91 Å². The second-order valence-corrected chi connectivity index (χ2v) is 10.7. The number of nitrogens with one attached hydrogen (secondary N) is 1. The number of hydrogen-bond donors (Lipinski definition) is 3. The summed E-state index contributed by atoms with van der Waals surface area (Å²) in [4.78, 5) is 37.9. The first-order valence-electron chi connectivity index (χ1n) is 9.65. The van der Waals surface area contributed by atoms with Crippen LogP contribution < -0.4 is 5.32 Å². The highest BCUT2D eigenvalue weighted by Crippen LogP contribution is 2.51. The zero-order valence-electron chi connectivity index (χ0n) is 16.2. The highest BCUT2D eigenvalue weighted by Gasteiger charge is 2.52. The van der Waals surface area contributed by atoms with Gasteiger partial charge in [-0.25, -0.2) is 4.79 Å². The van der Waals surface area contributed by atoms with Crippen molar-refractivity contribution in [1.29, 1.82) is 0 Å². The molecule has 2 saturated heterocycles. The van der Waals surface area contributed by atoms with E-state index in [4.69, 9.17) is 0 Å². The molecule has 158 valence electrons. The number of carboxylic acid groups (broad SMARTS) is 2. The fraction of sp³-hybridized carbons (Fsp3) is 0.550. The maximum Gasteiger partial charge on any atom is 0.326 e. The number of likely N-dealkylation sites (tertiary alicyclic amines) is 1. The van der Waals surface area contributed by atoms with Gasteiger partial charge in [-0.3, -0.25) is 14.9 Å². The van der Waals surface area contributed by atoms with E-state index in [2.05, 4.69) is 5.32 Å². The lowest BCUT2D eigenvalue weighted by Gasteiger charge is -2.28. The molecule has 2 fully saturated rings. The van der Waals surface area contributed by atoms with Crippen molar-refractivity contribution >= 4 is 41.4 Å². The average molecular weight is 439 g/mol. The van der Waals surface area contributed by atoms with E-state index in [0.29, 0.717) is 25.8 Å². The Hall–Kier alpha value is -1.71. The molecule has 0 bridgehead atoms. The van der Waals surface area contributed by atoms with Crippen LogP contribution in [0.25, 0.3) is 0 Å². The van der Waals surface area contributed by atoms with Gasteiger partial charge in [0, 0.05) is 24.5 Å². The summed E-state index contributed by atoms with van der Waals surface area (Å²) in [6.45, 7) is 1.99. The molecule has 0 aromatic heterocycles. The van der Waals surface area contributed by atoms with Crippen molar-refractivity contribution in [3.8, 4) is 0 Å². The fourth-order valence-corrected chi connectivity index (χ4v) is 7.11. The molecule has 3 N–H and O–H groups in total. The van der Waals surface area contributed by atoms with Crippen molar-refractivity contribution in [2.45, 2.75) is 48.4 Å². The van der Waals surface area contributed by atoms with E-state index < -0.39 is 30.1 Å². The van der Waals surface area contributed by atoms with Crippen LogP contribution in [0.15, 0.2) is 30.3 Å². The van der Waals surface area contributed by atoms with Crippen LogP contribution in [0.2, 0.25) is 0 Å². The van der Waals surface area contributed by atoms with Crippen LogP contribution in [0, 0.1) is 0 Å². The Balaban J connectivity index is 1.64. The SMILES string of the molecule is C[C@H](N[C@@H](CCc1ccccc1)C(=O)O)C(=O)N1CC2(CC1C(=O)O)SCCS2. The van der Waals surface area contributed by atoms with Crippen molar-refractivity contribution in [3.05, 3.63) is 35.9 Å². The first-order valence-corrected chi connectivity index (χ1v) is 11.6. The van der Waals surface area contributed by atoms with E-state index in [9.17, 15) is 24.6 Å². The number of aryl methyl sites for hydroxylation is 1. The molecule has 1 aromatic rings. The predicted octanol–water partition coefficient (Wildman–Crippen LogP) is 1.91. The Morgan fingerprint density at radius 1 is 1.21 bits per heavy atom. The van der Waals surface area contributed by atoms with Gasteiger partial charge in [0.05, 0.1) is 10.1 Å². The molecule has 3 rings (SSSR count). The van der Waals surface area contributed by atoms with Gasteiger partial charge >= 0.3 is 11.9 Å². The van der Waals surface area contributed by atoms with Crippen LogP contribution in [-0.2, 0) is 20.8 Å². The van der Waals surface area contributed by atoms with Crippen molar-refractivity contribution in [3.63, 3.8) is 0 Å². The molecule has 1 spiro atoms. The van der Waals surface area contributed by atoms with Crippen molar-refractivity contribution in [2.75, 3.05) is 18.1 Å². The Bertz CT molecular complexity index is 754. The van der Waals surface area contributed by atoms with E-state index in [1.165, 1.54) is 4.90 Å². The molecule has 1 aromatic carbocycles. The van der Waals surface area contributed by atoms with Crippen molar-refractivity contribution < 1.29 is 24.6 Å². The van der Waals surface area contributed by atoms with Crippen molar-refractivity contribution in [2.24, 2.45) is 0 Å². The topological polar surface area (TPSA) is 107 Å². The summed E-state index contributed by atoms with van der Waals surface area (Å²) in [6, 6.07) is 7.05. The van der Waals surface area contributed by atoms with Gasteiger partial charge < -0.3 is 15.1 Å². The van der Waals surface area contributed by atoms with Gasteiger partial charge in [0.15, 0.2) is 0 Å². The fourth-order valence-electron chi connectivity index (χ4n) is 3.85. The van der Waals surface area contributed by atoms with Gasteiger partial charge in [-0.1, -0.05) is 30.3 Å². The molecular weight excluding hydrogens is 412 g/mol. The standard InChI is InChI=1S/C20H26N2O5S2/c1-13(21-15(18(24)25)8-7-14-5-3-2-4-6-14)17(23)22-12-20(28-9-10-29-20)11-16(22)19(26)27/h2-6,13,15-16,21H,7-12H2,1H3,(H,24,25)(H,26,27)/t13-,15-,16?/m0/s1. The summed E-state index contributed by atoms with van der Waals surface area (Å²) < 4.78 is -0.252. The van der Waals surface area contributed by atoms with E-state index in [1.54, 1.807) is 30.4 Å². The molecule has 7 nitrogen and oxygen atoms in total. The summed E-state index contributed by atoms with van der Waals surface area (Å²) in [6.07, 6.45) is 1.34. The van der Waals surface area contributed by atoms with E-state index in [-0.39, 0.29) is 9.99 Å². The molecule has 2 aliphatic rings. The second kappa shape index (κ2) is 9.40. The Kier molecular flexibility index (Phi) is 7.13. The number of nitrogens with zero attached hydrogens (tertiary/aromatic N) is 1. The molecule has 0 aliphatic carbocycles. The van der Waals surface area contributed by atoms with Crippen molar-refractivity contribution in [1.82, 2.24) is 10.2 Å². The smallest absolute Gasteiger partial charge is 0.326 e. The Morgan fingerprint density at radius 2 is 1.86 bits per heavy atom. The van der Waals surface area contributed by atoms with Crippen LogP contribution in [0.1, 0.15) is 25.3 Å². The molecular formula is C20H26N2O5S2. The number of carbonyl (C=O) groups excluding carboxylic acids is 1. The maximum absolute atomic E-state index is 13.0. The molecule has 0 saturated carbocycles. The van der Waals surface area contributed by atoms with Gasteiger partial charge in [0.25, 0.3) is 0 Å². The maximum atomic E-state index is 13.0. The highest BCUT2D eigenvalue weighted by molar-refractivity contribution is 8.21. The number of carboxylic acids is 2. The lowest BCUT2D eigenvalue weighted by Crippen LogP contribution is -2.53. The summed E-state index contributed by atoms with van der Waals surface area (Å²) in [5, 5.41) is 22.1. The van der Waals surface area contributed by atoms with E-state index in [1.807, 2.05) is 30.3 Å². The number of hydrogen-bond acceptors (Lipinski definition) is 6. The summed E-state index contributed by atoms with van der Waals surface area (Å²) in [7, 11) is 0. The molecule has 3 atom stereocenters. The highest BCUT2D eigenvalue weighted by atomic mass is 32.2. The lowest BCUT2D eigenvalue weighted by molar-refractivity contribution is -0.149. The zero-order chi connectivity index (χ0) is 21.0. The van der Waals surface area contributed by atoms with Crippen LogP contribution in [0.5, 0.6) is 0 Å². The van der Waals surface area contributed by atoms with Crippen LogP contribution in [-0.4, -0.2) is 73.2 Å². The van der Waals surface area contributed by atoms with Gasteiger partial charge in [-0.15, -0.1) is 23.5 Å². The minimum Gasteiger partial charge on any atom is -0.480 e. The number of amides is 1. The first kappa shape index (κ1) is 22.0. The molecule has 1 unspecified atom stereocenters. The first-order chi connectivity index (χ1) is 13.8. The Labute approximate surface area is 178 Å². The largest absolute Gasteiger partial charge is 0.480 e. The third kappa shape index (κ3) is 5.26. The molecule has 9 heteroatoms. The normalized spacial score (nSPS) is 22.5. The number of benzene rings is 1. The molecule has 0 radical (unpaired) electrons. The third-order valence-electron chi connectivity index (χ3n) is 5.36. The molecule has 1 amide bonds. The van der Waals surface area contributed by atoms with Crippen LogP contribution >= 0.6 is 23.5 Å². The second-order valence-electron chi connectivity index (χ2n) is 7.44. The monoisotopic (exact) mass is 438 g/mol. The zero-order valence-corrected chi connectivity index (χ0v) is 17.9. The molecule has 2 heterocycles. The molecule has 2 aliphatic heterocycles.